The Bertz CT molecular complexity index is 604. The first kappa shape index (κ1) is 11.2. The molecule has 0 unspecified atom stereocenters. The fourth-order valence-electron chi connectivity index (χ4n) is 2.40. The smallest absolute Gasteiger partial charge is 0.358 e. The van der Waals surface area contributed by atoms with E-state index in [-0.39, 0.29) is 5.97 Å². The van der Waals surface area contributed by atoms with Crippen molar-refractivity contribution in [1.29, 1.82) is 0 Å². The van der Waals surface area contributed by atoms with Gasteiger partial charge in [-0.2, -0.15) is 5.10 Å². The third-order valence-corrected chi connectivity index (χ3v) is 3.26. The molecular weight excluding hydrogens is 230 g/mol. The van der Waals surface area contributed by atoms with Crippen molar-refractivity contribution in [1.82, 2.24) is 14.6 Å². The molecule has 0 N–H and O–H groups in total. The van der Waals surface area contributed by atoms with Crippen LogP contribution in [-0.2, 0) is 17.6 Å². The monoisotopic (exact) mass is 245 g/mol. The van der Waals surface area contributed by atoms with E-state index in [9.17, 15) is 4.79 Å². The van der Waals surface area contributed by atoms with Gasteiger partial charge < -0.3 is 4.74 Å². The maximum absolute atomic E-state index is 11.7. The average Bonchev–Trinajstić information content (AvgIpc) is 2.83. The summed E-state index contributed by atoms with van der Waals surface area (Å²) in [6.07, 6.45) is 6.32. The first-order valence-electron chi connectivity index (χ1n) is 6.33. The number of nitrogens with zero attached hydrogens (tertiary/aromatic N) is 3. The summed E-state index contributed by atoms with van der Waals surface area (Å²) in [6.45, 7) is 2.14. The van der Waals surface area contributed by atoms with Gasteiger partial charge in [-0.05, 0) is 38.2 Å². The minimum atomic E-state index is -0.382. The molecule has 2 heterocycles. The molecular formula is C13H15N3O2. The predicted molar refractivity (Wildman–Crippen MR) is 65.6 cm³/mol. The second kappa shape index (κ2) is 4.40. The molecule has 5 heteroatoms. The van der Waals surface area contributed by atoms with Crippen molar-refractivity contribution in [2.45, 2.75) is 32.6 Å². The molecule has 3 rings (SSSR count). The van der Waals surface area contributed by atoms with Crippen molar-refractivity contribution in [2.24, 2.45) is 0 Å². The van der Waals surface area contributed by atoms with Gasteiger partial charge in [0.2, 0.25) is 0 Å². The molecule has 0 radical (unpaired) electrons. The summed E-state index contributed by atoms with van der Waals surface area (Å²) in [5.41, 5.74) is 3.48. The van der Waals surface area contributed by atoms with Crippen LogP contribution in [-0.4, -0.2) is 27.2 Å². The summed E-state index contributed by atoms with van der Waals surface area (Å²) in [4.78, 5) is 16.0. The lowest BCUT2D eigenvalue weighted by Crippen LogP contribution is -2.11. The van der Waals surface area contributed by atoms with Crippen molar-refractivity contribution in [3.63, 3.8) is 0 Å². The number of aryl methyl sites for hydroxylation is 2. The Hall–Kier alpha value is -1.91. The van der Waals surface area contributed by atoms with E-state index < -0.39 is 0 Å². The van der Waals surface area contributed by atoms with E-state index in [1.807, 2.05) is 6.20 Å². The Morgan fingerprint density at radius 1 is 1.44 bits per heavy atom. The molecule has 0 bridgehead atoms. The van der Waals surface area contributed by atoms with Crippen molar-refractivity contribution in [3.05, 3.63) is 29.2 Å². The zero-order valence-corrected chi connectivity index (χ0v) is 10.3. The Morgan fingerprint density at radius 2 is 2.28 bits per heavy atom. The lowest BCUT2D eigenvalue weighted by Gasteiger charge is -2.15. The summed E-state index contributed by atoms with van der Waals surface area (Å²) in [6, 6.07) is 1.69. The number of carbonyl (C=O) groups is 1. The minimum absolute atomic E-state index is 0.336. The largest absolute Gasteiger partial charge is 0.461 e. The summed E-state index contributed by atoms with van der Waals surface area (Å²) < 4.78 is 6.75. The number of hydrogen-bond donors (Lipinski definition) is 0. The number of carbonyl (C=O) groups excluding carboxylic acids is 1. The topological polar surface area (TPSA) is 56.5 Å². The molecule has 2 aromatic rings. The Balaban J connectivity index is 2.09. The Morgan fingerprint density at radius 3 is 3.11 bits per heavy atom. The molecule has 0 fully saturated rings. The molecule has 0 aliphatic heterocycles. The number of ether oxygens (including phenoxy) is 1. The Kier molecular flexibility index (Phi) is 2.74. The number of rotatable bonds is 2. The molecule has 18 heavy (non-hydrogen) atoms. The maximum Gasteiger partial charge on any atom is 0.358 e. The van der Waals surface area contributed by atoms with Gasteiger partial charge in [0.25, 0.3) is 0 Å². The zero-order valence-electron chi connectivity index (χ0n) is 10.3. The second-order valence-electron chi connectivity index (χ2n) is 4.46. The highest BCUT2D eigenvalue weighted by molar-refractivity contribution is 5.88. The van der Waals surface area contributed by atoms with Gasteiger partial charge in [0.15, 0.2) is 11.3 Å². The van der Waals surface area contributed by atoms with E-state index in [1.165, 1.54) is 24.1 Å². The fraction of sp³-hybridized carbons (Fsp3) is 0.462. The van der Waals surface area contributed by atoms with Gasteiger partial charge in [-0.15, -0.1) is 0 Å². The Labute approximate surface area is 105 Å². The second-order valence-corrected chi connectivity index (χ2v) is 4.46. The highest BCUT2D eigenvalue weighted by Crippen LogP contribution is 2.21. The fourth-order valence-corrected chi connectivity index (χ4v) is 2.40. The third-order valence-electron chi connectivity index (χ3n) is 3.26. The highest BCUT2D eigenvalue weighted by Gasteiger charge is 2.18. The first-order chi connectivity index (χ1) is 8.79. The molecule has 2 aromatic heterocycles. The van der Waals surface area contributed by atoms with Crippen LogP contribution >= 0.6 is 0 Å². The van der Waals surface area contributed by atoms with Gasteiger partial charge in [-0.3, -0.25) is 0 Å². The average molecular weight is 245 g/mol. The SMILES string of the molecule is CCOC(=O)c1cc2ncc3c(n2n1)CCCC3. The number of aromatic nitrogens is 3. The third kappa shape index (κ3) is 1.75. The van der Waals surface area contributed by atoms with Crippen molar-refractivity contribution in [3.8, 4) is 0 Å². The normalized spacial score (nSPS) is 14.5. The van der Waals surface area contributed by atoms with Crippen LogP contribution in [0.4, 0.5) is 0 Å². The molecule has 0 amide bonds. The minimum Gasteiger partial charge on any atom is -0.461 e. The van der Waals surface area contributed by atoms with Crippen molar-refractivity contribution < 1.29 is 9.53 Å². The van der Waals surface area contributed by atoms with Gasteiger partial charge in [0.05, 0.1) is 6.61 Å². The first-order valence-corrected chi connectivity index (χ1v) is 6.33. The summed E-state index contributed by atoms with van der Waals surface area (Å²) in [7, 11) is 0. The molecule has 0 atom stereocenters. The number of esters is 1. The van der Waals surface area contributed by atoms with E-state index in [0.717, 1.165) is 18.5 Å². The molecule has 1 aliphatic rings. The highest BCUT2D eigenvalue weighted by atomic mass is 16.5. The quantitative estimate of drug-likeness (QED) is 0.757. The van der Waals surface area contributed by atoms with Gasteiger partial charge in [-0.1, -0.05) is 0 Å². The van der Waals surface area contributed by atoms with Gasteiger partial charge >= 0.3 is 5.97 Å². The molecule has 0 saturated carbocycles. The van der Waals surface area contributed by atoms with Gasteiger partial charge in [0.1, 0.15) is 0 Å². The van der Waals surface area contributed by atoms with E-state index >= 15 is 0 Å². The van der Waals surface area contributed by atoms with Gasteiger partial charge in [0, 0.05) is 18.0 Å². The summed E-state index contributed by atoms with van der Waals surface area (Å²) in [5.74, 6) is -0.382. The lowest BCUT2D eigenvalue weighted by molar-refractivity contribution is 0.0519. The van der Waals surface area contributed by atoms with Crippen LogP contribution in [0.25, 0.3) is 5.65 Å². The van der Waals surface area contributed by atoms with Crippen LogP contribution < -0.4 is 0 Å². The van der Waals surface area contributed by atoms with Crippen LogP contribution in [0.5, 0.6) is 0 Å². The van der Waals surface area contributed by atoms with E-state index in [4.69, 9.17) is 4.74 Å². The molecule has 0 saturated heterocycles. The number of fused-ring (bicyclic) bond motifs is 3. The predicted octanol–water partition coefficient (Wildman–Crippen LogP) is 1.78. The van der Waals surface area contributed by atoms with Crippen molar-refractivity contribution in [2.75, 3.05) is 6.61 Å². The standard InChI is InChI=1S/C13H15N3O2/c1-2-18-13(17)10-7-12-14-8-9-5-3-4-6-11(9)16(12)15-10/h7-8H,2-6H2,1H3. The molecule has 5 nitrogen and oxygen atoms in total. The van der Waals surface area contributed by atoms with Gasteiger partial charge in [-0.25, -0.2) is 14.3 Å². The lowest BCUT2D eigenvalue weighted by atomic mass is 9.97. The maximum atomic E-state index is 11.7. The number of hydrogen-bond acceptors (Lipinski definition) is 4. The molecule has 1 aliphatic carbocycles. The molecule has 0 aromatic carbocycles. The van der Waals surface area contributed by atoms with Crippen molar-refractivity contribution >= 4 is 11.6 Å². The molecule has 94 valence electrons. The van der Waals surface area contributed by atoms with Crippen LogP contribution in [0.2, 0.25) is 0 Å². The van der Waals surface area contributed by atoms with Crippen LogP contribution in [0.1, 0.15) is 41.5 Å². The summed E-state index contributed by atoms with van der Waals surface area (Å²) >= 11 is 0. The van der Waals surface area contributed by atoms with Crippen LogP contribution in [0.3, 0.4) is 0 Å². The summed E-state index contributed by atoms with van der Waals surface area (Å²) in [5, 5.41) is 4.32. The van der Waals surface area contributed by atoms with E-state index in [1.54, 1.807) is 17.5 Å². The van der Waals surface area contributed by atoms with E-state index in [0.29, 0.717) is 12.3 Å². The molecule has 0 spiro atoms. The van der Waals surface area contributed by atoms with Crippen LogP contribution in [0, 0.1) is 0 Å². The van der Waals surface area contributed by atoms with E-state index in [2.05, 4.69) is 10.1 Å². The van der Waals surface area contributed by atoms with Crippen LogP contribution in [0.15, 0.2) is 12.3 Å². The zero-order chi connectivity index (χ0) is 12.5.